The smallest absolute Gasteiger partial charge is 0.255 e. The third kappa shape index (κ3) is 4.94. The first kappa shape index (κ1) is 17.7. The molecule has 1 N–H and O–H groups in total. The molecule has 1 amide bonds. The van der Waals surface area contributed by atoms with Gasteiger partial charge in [0.15, 0.2) is 0 Å². The van der Waals surface area contributed by atoms with Crippen LogP contribution in [0, 0.1) is 0 Å². The van der Waals surface area contributed by atoms with Gasteiger partial charge < -0.3 is 15.1 Å². The first-order valence-electron chi connectivity index (χ1n) is 8.54. The number of amides is 1. The Morgan fingerprint density at radius 3 is 2.68 bits per heavy atom. The molecule has 6 heteroatoms. The molecule has 5 nitrogen and oxygen atoms in total. The fourth-order valence-electron chi connectivity index (χ4n) is 2.84. The predicted molar refractivity (Wildman–Crippen MR) is 101 cm³/mol. The molecule has 1 aliphatic heterocycles. The number of benzene rings is 1. The normalized spacial score (nSPS) is 15.2. The summed E-state index contributed by atoms with van der Waals surface area (Å²) in [6, 6.07) is 11.6. The minimum absolute atomic E-state index is 0.0612. The number of carbonyl (C=O) groups is 1. The van der Waals surface area contributed by atoms with Gasteiger partial charge in [-0.3, -0.25) is 4.79 Å². The molecule has 2 heterocycles. The minimum Gasteiger partial charge on any atom is -0.370 e. The van der Waals surface area contributed by atoms with Crippen LogP contribution in [-0.4, -0.2) is 60.5 Å². The van der Waals surface area contributed by atoms with E-state index in [9.17, 15) is 4.79 Å². The van der Waals surface area contributed by atoms with Crippen LogP contribution in [0.5, 0.6) is 0 Å². The zero-order valence-corrected chi connectivity index (χ0v) is 15.2. The molecule has 1 aromatic heterocycles. The lowest BCUT2D eigenvalue weighted by Crippen LogP contribution is -2.47. The molecule has 0 saturated carbocycles. The molecule has 0 bridgehead atoms. The summed E-state index contributed by atoms with van der Waals surface area (Å²) in [5.41, 5.74) is 1.83. The van der Waals surface area contributed by atoms with E-state index < -0.39 is 0 Å². The van der Waals surface area contributed by atoms with Crippen molar-refractivity contribution in [3.05, 3.63) is 58.7 Å². The topological polar surface area (TPSA) is 48.5 Å². The first-order chi connectivity index (χ1) is 12.1. The van der Waals surface area contributed by atoms with E-state index in [0.717, 1.165) is 50.0 Å². The van der Waals surface area contributed by atoms with Crippen molar-refractivity contribution in [2.45, 2.75) is 6.42 Å². The largest absolute Gasteiger partial charge is 0.370 e. The van der Waals surface area contributed by atoms with Crippen molar-refractivity contribution in [2.24, 2.45) is 0 Å². The van der Waals surface area contributed by atoms with E-state index >= 15 is 0 Å². The number of hydrogen-bond acceptors (Lipinski definition) is 4. The Balaban J connectivity index is 1.51. The lowest BCUT2D eigenvalue weighted by atomic mass is 10.1. The molecular formula is C19H23ClN4O. The second-order valence-electron chi connectivity index (χ2n) is 6.33. The van der Waals surface area contributed by atoms with E-state index in [-0.39, 0.29) is 5.91 Å². The van der Waals surface area contributed by atoms with Gasteiger partial charge in [0.05, 0.1) is 5.56 Å². The molecule has 1 fully saturated rings. The maximum atomic E-state index is 12.5. The van der Waals surface area contributed by atoms with Gasteiger partial charge in [-0.25, -0.2) is 4.98 Å². The number of likely N-dealkylation sites (N-methyl/N-ethyl adjacent to an activating group) is 1. The molecule has 25 heavy (non-hydrogen) atoms. The van der Waals surface area contributed by atoms with Crippen LogP contribution in [0.3, 0.4) is 0 Å². The Morgan fingerprint density at radius 2 is 2.00 bits per heavy atom. The number of pyridine rings is 1. The maximum absolute atomic E-state index is 12.5. The van der Waals surface area contributed by atoms with Crippen LogP contribution in [0.15, 0.2) is 42.6 Å². The molecule has 0 spiro atoms. The van der Waals surface area contributed by atoms with Crippen molar-refractivity contribution in [2.75, 3.05) is 45.1 Å². The quantitative estimate of drug-likeness (QED) is 0.892. The lowest BCUT2D eigenvalue weighted by Gasteiger charge is -2.32. The van der Waals surface area contributed by atoms with Crippen molar-refractivity contribution in [1.29, 1.82) is 0 Å². The van der Waals surface area contributed by atoms with E-state index in [4.69, 9.17) is 11.6 Å². The summed E-state index contributed by atoms with van der Waals surface area (Å²) in [5.74, 6) is 0.836. The summed E-state index contributed by atoms with van der Waals surface area (Å²) >= 11 is 5.99. The molecule has 0 aliphatic carbocycles. The number of nitrogens with zero attached hydrogens (tertiary/aromatic N) is 3. The van der Waals surface area contributed by atoms with Gasteiger partial charge in [-0.2, -0.15) is 0 Å². The Morgan fingerprint density at radius 1 is 1.20 bits per heavy atom. The highest BCUT2D eigenvalue weighted by Gasteiger charge is 2.20. The lowest BCUT2D eigenvalue weighted by molar-refractivity contribution is 0.0663. The number of hydrogen-bond donors (Lipinski definition) is 1. The maximum Gasteiger partial charge on any atom is 0.255 e. The molecule has 1 aromatic carbocycles. The Bertz CT molecular complexity index is 712. The molecule has 2 aromatic rings. The standard InChI is InChI=1S/C19H23ClN4O/c1-23-9-11-24(12-10-23)19(25)16-5-6-18(22-14-16)21-8-7-15-3-2-4-17(20)13-15/h2-6,13-14H,7-12H2,1H3,(H,21,22). The van der Waals surface area contributed by atoms with Crippen LogP contribution in [0.2, 0.25) is 5.02 Å². The minimum atomic E-state index is 0.0612. The van der Waals surface area contributed by atoms with E-state index in [0.29, 0.717) is 5.56 Å². The number of anilines is 1. The van der Waals surface area contributed by atoms with Crippen molar-refractivity contribution in [1.82, 2.24) is 14.8 Å². The summed E-state index contributed by atoms with van der Waals surface area (Å²) in [4.78, 5) is 21.0. The Labute approximate surface area is 153 Å². The molecule has 1 aliphatic rings. The van der Waals surface area contributed by atoms with Crippen molar-refractivity contribution in [3.8, 4) is 0 Å². The molecule has 0 radical (unpaired) electrons. The molecule has 0 unspecified atom stereocenters. The second-order valence-corrected chi connectivity index (χ2v) is 6.77. The number of carbonyl (C=O) groups excluding carboxylic acids is 1. The van der Waals surface area contributed by atoms with Crippen molar-refractivity contribution >= 4 is 23.3 Å². The highest BCUT2D eigenvalue weighted by atomic mass is 35.5. The molecule has 0 atom stereocenters. The van der Waals surface area contributed by atoms with Gasteiger partial charge in [-0.05, 0) is 43.3 Å². The van der Waals surface area contributed by atoms with Crippen LogP contribution < -0.4 is 5.32 Å². The molecule has 1 saturated heterocycles. The molecule has 3 rings (SSSR count). The molecule has 132 valence electrons. The van der Waals surface area contributed by atoms with Gasteiger partial charge in [0, 0.05) is 43.9 Å². The number of piperazine rings is 1. The zero-order valence-electron chi connectivity index (χ0n) is 14.4. The third-order valence-electron chi connectivity index (χ3n) is 4.41. The van der Waals surface area contributed by atoms with Gasteiger partial charge in [0.2, 0.25) is 0 Å². The third-order valence-corrected chi connectivity index (χ3v) is 4.64. The van der Waals surface area contributed by atoms with Gasteiger partial charge >= 0.3 is 0 Å². The first-order valence-corrected chi connectivity index (χ1v) is 8.92. The van der Waals surface area contributed by atoms with Crippen LogP contribution in [0.1, 0.15) is 15.9 Å². The van der Waals surface area contributed by atoms with E-state index in [1.807, 2.05) is 35.2 Å². The highest BCUT2D eigenvalue weighted by molar-refractivity contribution is 6.30. The Kier molecular flexibility index (Phi) is 5.89. The van der Waals surface area contributed by atoms with E-state index in [2.05, 4.69) is 28.3 Å². The average Bonchev–Trinajstić information content (AvgIpc) is 2.62. The number of nitrogens with one attached hydrogen (secondary N) is 1. The van der Waals surface area contributed by atoms with Gasteiger partial charge in [-0.1, -0.05) is 23.7 Å². The van der Waals surface area contributed by atoms with Crippen molar-refractivity contribution in [3.63, 3.8) is 0 Å². The van der Waals surface area contributed by atoms with Crippen molar-refractivity contribution < 1.29 is 4.79 Å². The van der Waals surface area contributed by atoms with Gasteiger partial charge in [-0.15, -0.1) is 0 Å². The van der Waals surface area contributed by atoms with E-state index in [1.54, 1.807) is 6.20 Å². The Hall–Kier alpha value is -2.11. The summed E-state index contributed by atoms with van der Waals surface area (Å²) in [6.07, 6.45) is 2.52. The number of aromatic nitrogens is 1. The summed E-state index contributed by atoms with van der Waals surface area (Å²) in [7, 11) is 2.08. The number of rotatable bonds is 5. The molecular weight excluding hydrogens is 336 g/mol. The average molecular weight is 359 g/mol. The summed E-state index contributed by atoms with van der Waals surface area (Å²) in [5, 5.41) is 4.03. The second kappa shape index (κ2) is 8.32. The SMILES string of the molecule is CN1CCN(C(=O)c2ccc(NCCc3cccc(Cl)c3)nc2)CC1. The monoisotopic (exact) mass is 358 g/mol. The predicted octanol–water partition coefficient (Wildman–Crippen LogP) is 2.78. The highest BCUT2D eigenvalue weighted by Crippen LogP contribution is 2.12. The van der Waals surface area contributed by atoms with Gasteiger partial charge in [0.25, 0.3) is 5.91 Å². The van der Waals surface area contributed by atoms with Gasteiger partial charge in [0.1, 0.15) is 5.82 Å². The van der Waals surface area contributed by atoms with Crippen LogP contribution in [-0.2, 0) is 6.42 Å². The fraction of sp³-hybridized carbons (Fsp3) is 0.368. The summed E-state index contributed by atoms with van der Waals surface area (Å²) < 4.78 is 0. The fourth-order valence-corrected chi connectivity index (χ4v) is 3.06. The summed E-state index contributed by atoms with van der Waals surface area (Å²) in [6.45, 7) is 4.15. The number of halogens is 1. The van der Waals surface area contributed by atoms with Crippen LogP contribution in [0.25, 0.3) is 0 Å². The van der Waals surface area contributed by atoms with Crippen LogP contribution >= 0.6 is 11.6 Å². The van der Waals surface area contributed by atoms with Crippen LogP contribution in [0.4, 0.5) is 5.82 Å². The van der Waals surface area contributed by atoms with E-state index in [1.165, 1.54) is 5.56 Å². The zero-order chi connectivity index (χ0) is 17.6.